The molecule has 0 aromatic heterocycles. The number of hydrogen-bond acceptors (Lipinski definition) is 2. The first-order valence-corrected chi connectivity index (χ1v) is 3.98. The van der Waals surface area contributed by atoms with Crippen LogP contribution in [0.2, 0.25) is 0 Å². The van der Waals surface area contributed by atoms with Crippen molar-refractivity contribution in [3.63, 3.8) is 0 Å². The van der Waals surface area contributed by atoms with E-state index in [1.54, 1.807) is 6.92 Å². The second-order valence-corrected chi connectivity index (χ2v) is 4.28. The minimum atomic E-state index is 0.120. The third-order valence-corrected chi connectivity index (χ3v) is 1.47. The maximum absolute atomic E-state index is 10.8. The minimum absolute atomic E-state index is 0.120. The van der Waals surface area contributed by atoms with Crippen molar-refractivity contribution in [1.82, 2.24) is 4.90 Å². The molecule has 0 unspecified atom stereocenters. The molecule has 0 aromatic carbocycles. The molecule has 0 atom stereocenters. The fourth-order valence-corrected chi connectivity index (χ4v) is 1.59. The van der Waals surface area contributed by atoms with Gasteiger partial charge in [0.2, 0.25) is 0 Å². The van der Waals surface area contributed by atoms with Crippen LogP contribution in [-0.4, -0.2) is 31.3 Å². The van der Waals surface area contributed by atoms with Crippen LogP contribution in [0.1, 0.15) is 27.2 Å². The standard InChI is InChI=1S/C9H19NO/c1-8(11)6-9(2,3)7-10(4)5/h6-7H2,1-5H3. The zero-order valence-electron chi connectivity index (χ0n) is 8.27. The van der Waals surface area contributed by atoms with Crippen LogP contribution in [0.5, 0.6) is 0 Å². The molecule has 0 aliphatic heterocycles. The Balaban J connectivity index is 3.89. The van der Waals surface area contributed by atoms with Crippen molar-refractivity contribution in [2.45, 2.75) is 27.2 Å². The fourth-order valence-electron chi connectivity index (χ4n) is 1.59. The monoisotopic (exact) mass is 157 g/mol. The lowest BCUT2D eigenvalue weighted by atomic mass is 9.87. The summed E-state index contributed by atoms with van der Waals surface area (Å²) in [5, 5.41) is 0. The highest BCUT2D eigenvalue weighted by Crippen LogP contribution is 2.20. The highest BCUT2D eigenvalue weighted by atomic mass is 16.1. The van der Waals surface area contributed by atoms with Gasteiger partial charge in [0.15, 0.2) is 0 Å². The largest absolute Gasteiger partial charge is 0.309 e. The van der Waals surface area contributed by atoms with E-state index in [0.29, 0.717) is 6.42 Å². The summed E-state index contributed by atoms with van der Waals surface area (Å²) in [6.07, 6.45) is 0.672. The van der Waals surface area contributed by atoms with Gasteiger partial charge in [-0.05, 0) is 26.4 Å². The van der Waals surface area contributed by atoms with Crippen LogP contribution >= 0.6 is 0 Å². The second kappa shape index (κ2) is 3.86. The molecule has 0 saturated carbocycles. The van der Waals surface area contributed by atoms with Crippen LogP contribution in [0.25, 0.3) is 0 Å². The Kier molecular flexibility index (Phi) is 3.73. The van der Waals surface area contributed by atoms with Gasteiger partial charge in [-0.15, -0.1) is 0 Å². The molecule has 0 aliphatic carbocycles. The van der Waals surface area contributed by atoms with Crippen molar-refractivity contribution in [2.75, 3.05) is 20.6 Å². The van der Waals surface area contributed by atoms with Gasteiger partial charge in [0.25, 0.3) is 0 Å². The van der Waals surface area contributed by atoms with Gasteiger partial charge in [0, 0.05) is 13.0 Å². The van der Waals surface area contributed by atoms with Crippen molar-refractivity contribution in [3.05, 3.63) is 0 Å². The molecule has 0 bridgehead atoms. The zero-order valence-corrected chi connectivity index (χ0v) is 8.27. The molecule has 2 heteroatoms. The predicted octanol–water partition coefficient (Wildman–Crippen LogP) is 1.55. The molecule has 0 radical (unpaired) electrons. The number of rotatable bonds is 4. The minimum Gasteiger partial charge on any atom is -0.309 e. The lowest BCUT2D eigenvalue weighted by Gasteiger charge is -2.26. The van der Waals surface area contributed by atoms with Crippen LogP contribution in [0.15, 0.2) is 0 Å². The van der Waals surface area contributed by atoms with Gasteiger partial charge < -0.3 is 9.69 Å². The zero-order chi connectivity index (χ0) is 9.07. The van der Waals surface area contributed by atoms with E-state index in [1.165, 1.54) is 0 Å². The highest BCUT2D eigenvalue weighted by Gasteiger charge is 2.20. The first-order chi connectivity index (χ1) is 4.83. The quantitative estimate of drug-likeness (QED) is 0.617. The fraction of sp³-hybridized carbons (Fsp3) is 0.889. The summed E-state index contributed by atoms with van der Waals surface area (Å²) in [7, 11) is 4.06. The third-order valence-electron chi connectivity index (χ3n) is 1.47. The normalized spacial score (nSPS) is 12.2. The molecule has 0 aliphatic rings. The molecular weight excluding hydrogens is 138 g/mol. The molecule has 2 nitrogen and oxygen atoms in total. The Labute approximate surface area is 69.6 Å². The molecule has 0 amide bonds. The Morgan fingerprint density at radius 2 is 1.82 bits per heavy atom. The molecule has 0 fully saturated rings. The van der Waals surface area contributed by atoms with E-state index in [0.717, 1.165) is 6.54 Å². The summed E-state index contributed by atoms with van der Waals surface area (Å²) in [6.45, 7) is 6.85. The first-order valence-electron chi connectivity index (χ1n) is 3.98. The number of ketones is 1. The molecule has 11 heavy (non-hydrogen) atoms. The number of nitrogens with zero attached hydrogens (tertiary/aromatic N) is 1. The Hall–Kier alpha value is -0.370. The van der Waals surface area contributed by atoms with Crippen LogP contribution in [0.4, 0.5) is 0 Å². The van der Waals surface area contributed by atoms with Crippen LogP contribution in [0.3, 0.4) is 0 Å². The molecular formula is C9H19NO. The van der Waals surface area contributed by atoms with Crippen LogP contribution in [-0.2, 0) is 4.79 Å². The summed E-state index contributed by atoms with van der Waals surface area (Å²) >= 11 is 0. The molecule has 0 saturated heterocycles. The van der Waals surface area contributed by atoms with Crippen molar-refractivity contribution in [3.8, 4) is 0 Å². The summed E-state index contributed by atoms with van der Waals surface area (Å²) in [5.41, 5.74) is 0.120. The summed E-state index contributed by atoms with van der Waals surface area (Å²) < 4.78 is 0. The van der Waals surface area contributed by atoms with Crippen LogP contribution in [0, 0.1) is 5.41 Å². The average Bonchev–Trinajstić information content (AvgIpc) is 1.53. The number of Topliss-reactive ketones (excluding diaryl/α,β-unsaturated/α-hetero) is 1. The summed E-state index contributed by atoms with van der Waals surface area (Å²) in [4.78, 5) is 12.9. The topological polar surface area (TPSA) is 20.3 Å². The van der Waals surface area contributed by atoms with Gasteiger partial charge in [0.05, 0.1) is 0 Å². The molecule has 0 N–H and O–H groups in total. The van der Waals surface area contributed by atoms with Gasteiger partial charge >= 0.3 is 0 Å². The van der Waals surface area contributed by atoms with Gasteiger partial charge in [-0.1, -0.05) is 13.8 Å². The number of hydrogen-bond donors (Lipinski definition) is 0. The maximum atomic E-state index is 10.8. The van der Waals surface area contributed by atoms with E-state index in [4.69, 9.17) is 0 Å². The van der Waals surface area contributed by atoms with E-state index in [1.807, 2.05) is 14.1 Å². The number of carbonyl (C=O) groups is 1. The predicted molar refractivity (Wildman–Crippen MR) is 47.6 cm³/mol. The van der Waals surface area contributed by atoms with E-state index in [9.17, 15) is 4.79 Å². The molecule has 66 valence electrons. The van der Waals surface area contributed by atoms with Crippen molar-refractivity contribution < 1.29 is 4.79 Å². The van der Waals surface area contributed by atoms with Gasteiger partial charge in [-0.25, -0.2) is 0 Å². The SMILES string of the molecule is CC(=O)CC(C)(C)CN(C)C. The van der Waals surface area contributed by atoms with Crippen molar-refractivity contribution in [2.24, 2.45) is 5.41 Å². The van der Waals surface area contributed by atoms with Crippen molar-refractivity contribution >= 4 is 5.78 Å². The van der Waals surface area contributed by atoms with Crippen LogP contribution < -0.4 is 0 Å². The molecule has 0 aromatic rings. The highest BCUT2D eigenvalue weighted by molar-refractivity contribution is 5.76. The lowest BCUT2D eigenvalue weighted by Crippen LogP contribution is -2.30. The van der Waals surface area contributed by atoms with Crippen molar-refractivity contribution in [1.29, 1.82) is 0 Å². The lowest BCUT2D eigenvalue weighted by molar-refractivity contribution is -0.119. The second-order valence-electron chi connectivity index (χ2n) is 4.28. The Morgan fingerprint density at radius 1 is 1.36 bits per heavy atom. The third kappa shape index (κ3) is 6.05. The smallest absolute Gasteiger partial charge is 0.130 e. The first kappa shape index (κ1) is 10.6. The van der Waals surface area contributed by atoms with Gasteiger partial charge in [-0.3, -0.25) is 0 Å². The van der Waals surface area contributed by atoms with Gasteiger partial charge in [0.1, 0.15) is 5.78 Å². The van der Waals surface area contributed by atoms with E-state index >= 15 is 0 Å². The summed E-state index contributed by atoms with van der Waals surface area (Å²) in [5.74, 6) is 0.275. The Bertz CT molecular complexity index is 138. The van der Waals surface area contributed by atoms with E-state index < -0.39 is 0 Å². The maximum Gasteiger partial charge on any atom is 0.130 e. The van der Waals surface area contributed by atoms with E-state index in [2.05, 4.69) is 18.7 Å². The summed E-state index contributed by atoms with van der Waals surface area (Å²) in [6, 6.07) is 0. The molecule has 0 rings (SSSR count). The number of carbonyl (C=O) groups excluding carboxylic acids is 1. The molecule has 0 heterocycles. The molecule has 0 spiro atoms. The average molecular weight is 157 g/mol. The van der Waals surface area contributed by atoms with E-state index in [-0.39, 0.29) is 11.2 Å². The Morgan fingerprint density at radius 3 is 2.09 bits per heavy atom. The van der Waals surface area contributed by atoms with Gasteiger partial charge in [-0.2, -0.15) is 0 Å².